The largest absolute Gasteiger partial charge is 0.281 e. The predicted octanol–water partition coefficient (Wildman–Crippen LogP) is 3.60. The Morgan fingerprint density at radius 2 is 2.00 bits per heavy atom. The molecule has 98 valence electrons. The zero-order valence-corrected chi connectivity index (χ0v) is 11.8. The quantitative estimate of drug-likeness (QED) is 0.657. The molecular weight excluding hydrogens is 258 g/mol. The first-order valence-electron chi connectivity index (χ1n) is 6.35. The minimum Gasteiger partial charge on any atom is -0.281 e. The van der Waals surface area contributed by atoms with Crippen molar-refractivity contribution in [2.75, 3.05) is 5.43 Å². The van der Waals surface area contributed by atoms with Gasteiger partial charge < -0.3 is 0 Å². The van der Waals surface area contributed by atoms with Gasteiger partial charge in [0.1, 0.15) is 5.84 Å². The van der Waals surface area contributed by atoms with Crippen LogP contribution < -0.4 is 5.43 Å². The molecule has 1 aliphatic rings. The van der Waals surface area contributed by atoms with Crippen LogP contribution in [-0.2, 0) is 6.42 Å². The van der Waals surface area contributed by atoms with Crippen molar-refractivity contribution in [3.05, 3.63) is 58.9 Å². The van der Waals surface area contributed by atoms with Crippen molar-refractivity contribution in [3.8, 4) is 0 Å². The third-order valence-electron chi connectivity index (χ3n) is 3.39. The van der Waals surface area contributed by atoms with Crippen LogP contribution >= 0.6 is 11.6 Å². The molecule has 1 unspecified atom stereocenters. The van der Waals surface area contributed by atoms with Gasteiger partial charge in [-0.05, 0) is 31.0 Å². The minimum absolute atomic E-state index is 0.301. The zero-order valence-electron chi connectivity index (χ0n) is 11.0. The summed E-state index contributed by atoms with van der Waals surface area (Å²) < 4.78 is 2.07. The number of aromatic nitrogens is 1. The van der Waals surface area contributed by atoms with E-state index in [1.807, 2.05) is 13.0 Å². The van der Waals surface area contributed by atoms with Gasteiger partial charge in [0.05, 0.1) is 5.69 Å². The van der Waals surface area contributed by atoms with E-state index in [0.29, 0.717) is 0 Å². The molecule has 19 heavy (non-hydrogen) atoms. The Morgan fingerprint density at radius 1 is 1.26 bits per heavy atom. The number of halogens is 1. The van der Waals surface area contributed by atoms with Crippen LogP contribution in [0.25, 0.3) is 0 Å². The molecule has 3 nitrogen and oxygen atoms in total. The number of aryl methyl sites for hydroxylation is 1. The van der Waals surface area contributed by atoms with E-state index in [1.165, 1.54) is 16.8 Å². The van der Waals surface area contributed by atoms with Crippen LogP contribution in [-0.4, -0.2) is 10.5 Å². The standard InChI is InChI=1S/C15H16ClN3/c1-10-8-14-15(16)17-11(2)18-19(14)13(10)9-12-6-4-3-5-7-12/h3-8,15H,9H2,1-2H3,(H,17,18). The van der Waals surface area contributed by atoms with E-state index >= 15 is 0 Å². The second kappa shape index (κ2) is 4.74. The van der Waals surface area contributed by atoms with Gasteiger partial charge in [-0.1, -0.05) is 41.9 Å². The molecule has 0 fully saturated rings. The molecule has 0 spiro atoms. The summed E-state index contributed by atoms with van der Waals surface area (Å²) >= 11 is 6.28. The third-order valence-corrected chi connectivity index (χ3v) is 3.71. The van der Waals surface area contributed by atoms with Crippen LogP contribution in [0.1, 0.15) is 34.9 Å². The van der Waals surface area contributed by atoms with E-state index in [-0.39, 0.29) is 5.50 Å². The van der Waals surface area contributed by atoms with Crippen molar-refractivity contribution >= 4 is 17.4 Å². The monoisotopic (exact) mass is 273 g/mol. The first-order chi connectivity index (χ1) is 9.15. The van der Waals surface area contributed by atoms with Crippen LogP contribution in [0.5, 0.6) is 0 Å². The van der Waals surface area contributed by atoms with Gasteiger partial charge in [-0.3, -0.25) is 10.1 Å². The molecule has 0 bridgehead atoms. The molecule has 1 aliphatic heterocycles. The summed E-state index contributed by atoms with van der Waals surface area (Å²) in [5.74, 6) is 0.845. The summed E-state index contributed by atoms with van der Waals surface area (Å²) in [6.45, 7) is 4.05. The Hall–Kier alpha value is -1.74. The molecule has 0 radical (unpaired) electrons. The highest BCUT2D eigenvalue weighted by Crippen LogP contribution is 2.29. The minimum atomic E-state index is -0.301. The lowest BCUT2D eigenvalue weighted by molar-refractivity contribution is 0.769. The highest BCUT2D eigenvalue weighted by atomic mass is 35.5. The van der Waals surface area contributed by atoms with E-state index in [4.69, 9.17) is 11.6 Å². The number of amidine groups is 1. The molecular formula is C15H16ClN3. The van der Waals surface area contributed by atoms with Crippen LogP contribution in [0.4, 0.5) is 0 Å². The number of hydrogen-bond donors (Lipinski definition) is 1. The maximum Gasteiger partial charge on any atom is 0.167 e. The Kier molecular flexibility index (Phi) is 3.07. The number of alkyl halides is 1. The molecule has 1 aromatic carbocycles. The molecule has 1 aromatic heterocycles. The zero-order chi connectivity index (χ0) is 13.4. The topological polar surface area (TPSA) is 29.3 Å². The maximum absolute atomic E-state index is 6.28. The average Bonchev–Trinajstić information content (AvgIpc) is 2.69. The Morgan fingerprint density at radius 3 is 2.74 bits per heavy atom. The number of benzene rings is 1. The first-order valence-corrected chi connectivity index (χ1v) is 6.79. The van der Waals surface area contributed by atoms with E-state index < -0.39 is 0 Å². The average molecular weight is 274 g/mol. The van der Waals surface area contributed by atoms with Crippen molar-refractivity contribution < 1.29 is 0 Å². The van der Waals surface area contributed by atoms with Crippen LogP contribution in [0.2, 0.25) is 0 Å². The number of fused-ring (bicyclic) bond motifs is 1. The summed E-state index contributed by atoms with van der Waals surface area (Å²) in [7, 11) is 0. The molecule has 4 heteroatoms. The summed E-state index contributed by atoms with van der Waals surface area (Å²) in [5, 5.41) is 0. The predicted molar refractivity (Wildman–Crippen MR) is 79.5 cm³/mol. The molecule has 0 aliphatic carbocycles. The van der Waals surface area contributed by atoms with Crippen LogP contribution in [0.15, 0.2) is 41.4 Å². The number of nitrogens with zero attached hydrogens (tertiary/aromatic N) is 2. The van der Waals surface area contributed by atoms with Crippen LogP contribution in [0, 0.1) is 6.92 Å². The molecule has 2 aromatic rings. The van der Waals surface area contributed by atoms with Gasteiger partial charge in [0.15, 0.2) is 5.50 Å². The lowest BCUT2D eigenvalue weighted by Gasteiger charge is -2.22. The summed E-state index contributed by atoms with van der Waals surface area (Å²) in [6, 6.07) is 12.6. The summed E-state index contributed by atoms with van der Waals surface area (Å²) in [5.41, 5.74) is 7.76. The molecule has 0 saturated heterocycles. The summed E-state index contributed by atoms with van der Waals surface area (Å²) in [4.78, 5) is 4.34. The Balaban J connectivity index is 2.00. The van der Waals surface area contributed by atoms with Gasteiger partial charge in [0, 0.05) is 12.1 Å². The van der Waals surface area contributed by atoms with Crippen LogP contribution in [0.3, 0.4) is 0 Å². The Labute approximate surface area is 117 Å². The lowest BCUT2D eigenvalue weighted by Crippen LogP contribution is -2.28. The SMILES string of the molecule is CC1=NC(Cl)c2cc(C)c(Cc3ccccc3)n2N1. The van der Waals surface area contributed by atoms with Gasteiger partial charge in [-0.15, -0.1) is 0 Å². The maximum atomic E-state index is 6.28. The second-order valence-corrected chi connectivity index (χ2v) is 5.27. The van der Waals surface area contributed by atoms with E-state index in [9.17, 15) is 0 Å². The van der Waals surface area contributed by atoms with Crippen molar-refractivity contribution in [3.63, 3.8) is 0 Å². The third kappa shape index (κ3) is 2.26. The number of nitrogens with one attached hydrogen (secondary N) is 1. The molecule has 1 atom stereocenters. The Bertz CT molecular complexity index is 628. The van der Waals surface area contributed by atoms with Gasteiger partial charge in [-0.25, -0.2) is 4.99 Å². The fourth-order valence-electron chi connectivity index (χ4n) is 2.44. The number of hydrogen-bond acceptors (Lipinski definition) is 2. The molecule has 0 amide bonds. The smallest absolute Gasteiger partial charge is 0.167 e. The van der Waals surface area contributed by atoms with Crippen molar-refractivity contribution in [1.82, 2.24) is 4.68 Å². The molecule has 2 heterocycles. The van der Waals surface area contributed by atoms with Gasteiger partial charge in [0.2, 0.25) is 0 Å². The fourth-order valence-corrected chi connectivity index (χ4v) is 2.75. The first kappa shape index (κ1) is 12.3. The van der Waals surface area contributed by atoms with Crippen molar-refractivity contribution in [2.45, 2.75) is 25.8 Å². The van der Waals surface area contributed by atoms with Crippen molar-refractivity contribution in [2.24, 2.45) is 4.99 Å². The van der Waals surface area contributed by atoms with Gasteiger partial charge in [0.25, 0.3) is 0 Å². The lowest BCUT2D eigenvalue weighted by atomic mass is 10.1. The fraction of sp³-hybridized carbons (Fsp3) is 0.267. The van der Waals surface area contributed by atoms with E-state index in [1.54, 1.807) is 0 Å². The summed E-state index contributed by atoms with van der Waals surface area (Å²) in [6.07, 6.45) is 0.885. The number of rotatable bonds is 2. The van der Waals surface area contributed by atoms with Crippen molar-refractivity contribution in [1.29, 1.82) is 0 Å². The van der Waals surface area contributed by atoms with E-state index in [2.05, 4.69) is 52.3 Å². The number of aliphatic imine (C=N–C) groups is 1. The van der Waals surface area contributed by atoms with E-state index in [0.717, 1.165) is 18.0 Å². The highest BCUT2D eigenvalue weighted by molar-refractivity contribution is 6.21. The van der Waals surface area contributed by atoms with Gasteiger partial charge >= 0.3 is 0 Å². The normalized spacial score (nSPS) is 17.6. The highest BCUT2D eigenvalue weighted by Gasteiger charge is 2.22. The molecule has 0 saturated carbocycles. The molecule has 3 rings (SSSR count). The van der Waals surface area contributed by atoms with Gasteiger partial charge in [-0.2, -0.15) is 0 Å². The molecule has 1 N–H and O–H groups in total. The second-order valence-electron chi connectivity index (χ2n) is 4.86.